The highest BCUT2D eigenvalue weighted by Gasteiger charge is 2.38. The van der Waals surface area contributed by atoms with Gasteiger partial charge in [-0.25, -0.2) is 9.59 Å². The van der Waals surface area contributed by atoms with E-state index in [1.807, 2.05) is 6.92 Å². The van der Waals surface area contributed by atoms with Gasteiger partial charge in [0.15, 0.2) is 0 Å². The molecule has 3 N–H and O–H groups in total. The first-order valence-corrected chi connectivity index (χ1v) is 6.28. The molecule has 1 aliphatic rings. The Bertz CT molecular complexity index is 319. The molecule has 6 heteroatoms. The van der Waals surface area contributed by atoms with Crippen LogP contribution in [0.3, 0.4) is 0 Å². The number of rotatable bonds is 4. The van der Waals surface area contributed by atoms with E-state index in [4.69, 9.17) is 5.11 Å². The molecule has 0 saturated carbocycles. The van der Waals surface area contributed by atoms with Crippen molar-refractivity contribution in [2.45, 2.75) is 39.3 Å². The van der Waals surface area contributed by atoms with E-state index >= 15 is 0 Å². The standard InChI is InChI=1S/C12H22N2O4/c1-7(2)8(3)5-13-12(18)14-6-9(15)4-10(14)11(16)17/h7-10,15H,4-6H2,1-3H3,(H,13,18)(H,16,17)/t8?,9-,10-/m1/s1. The predicted octanol–water partition coefficient (Wildman–Crippen LogP) is 0.508. The van der Waals surface area contributed by atoms with Crippen LogP contribution >= 0.6 is 0 Å². The van der Waals surface area contributed by atoms with E-state index in [9.17, 15) is 14.7 Å². The Labute approximate surface area is 107 Å². The lowest BCUT2D eigenvalue weighted by Crippen LogP contribution is -2.47. The Hall–Kier alpha value is -1.30. The molecule has 0 aromatic heterocycles. The molecule has 1 fully saturated rings. The highest BCUT2D eigenvalue weighted by molar-refractivity contribution is 5.83. The average molecular weight is 258 g/mol. The highest BCUT2D eigenvalue weighted by atomic mass is 16.4. The summed E-state index contributed by atoms with van der Waals surface area (Å²) in [5, 5.41) is 21.2. The smallest absolute Gasteiger partial charge is 0.326 e. The van der Waals surface area contributed by atoms with Crippen LogP contribution in [0.5, 0.6) is 0 Å². The topological polar surface area (TPSA) is 89.9 Å². The molecule has 1 aliphatic heterocycles. The molecule has 0 aliphatic carbocycles. The zero-order valence-electron chi connectivity index (χ0n) is 11.1. The lowest BCUT2D eigenvalue weighted by Gasteiger charge is -2.23. The number of carbonyl (C=O) groups excluding carboxylic acids is 1. The molecular formula is C12H22N2O4. The van der Waals surface area contributed by atoms with Crippen molar-refractivity contribution in [3.8, 4) is 0 Å². The van der Waals surface area contributed by atoms with E-state index in [2.05, 4.69) is 19.2 Å². The van der Waals surface area contributed by atoms with Crippen LogP contribution in [0.25, 0.3) is 0 Å². The summed E-state index contributed by atoms with van der Waals surface area (Å²) in [5.41, 5.74) is 0. The van der Waals surface area contributed by atoms with E-state index in [0.717, 1.165) is 0 Å². The molecule has 0 aromatic rings. The van der Waals surface area contributed by atoms with Gasteiger partial charge in [-0.1, -0.05) is 20.8 Å². The molecule has 3 atom stereocenters. The number of nitrogens with zero attached hydrogens (tertiary/aromatic N) is 1. The summed E-state index contributed by atoms with van der Waals surface area (Å²) >= 11 is 0. The molecule has 18 heavy (non-hydrogen) atoms. The minimum Gasteiger partial charge on any atom is -0.480 e. The first-order valence-electron chi connectivity index (χ1n) is 6.28. The summed E-state index contributed by atoms with van der Waals surface area (Å²) in [6.07, 6.45) is -0.651. The summed E-state index contributed by atoms with van der Waals surface area (Å²) in [4.78, 5) is 24.0. The molecule has 0 bridgehead atoms. The van der Waals surface area contributed by atoms with Crippen LogP contribution in [0.1, 0.15) is 27.2 Å². The number of hydrogen-bond acceptors (Lipinski definition) is 3. The number of nitrogens with one attached hydrogen (secondary N) is 1. The number of aliphatic hydroxyl groups is 1. The summed E-state index contributed by atoms with van der Waals surface area (Å²) in [5.74, 6) is -0.298. The van der Waals surface area contributed by atoms with Crippen molar-refractivity contribution in [3.63, 3.8) is 0 Å². The molecule has 0 spiro atoms. The molecule has 0 radical (unpaired) electrons. The van der Waals surface area contributed by atoms with Crippen LogP contribution < -0.4 is 5.32 Å². The number of carbonyl (C=O) groups is 2. The molecule has 1 unspecified atom stereocenters. The van der Waals surface area contributed by atoms with Crippen molar-refractivity contribution in [2.24, 2.45) is 11.8 Å². The van der Waals surface area contributed by atoms with Crippen LogP contribution in [0.2, 0.25) is 0 Å². The first-order chi connectivity index (χ1) is 8.32. The Balaban J connectivity index is 2.52. The lowest BCUT2D eigenvalue weighted by atomic mass is 9.98. The number of aliphatic carboxylic acids is 1. The molecule has 1 rings (SSSR count). The van der Waals surface area contributed by atoms with E-state index in [1.54, 1.807) is 0 Å². The maximum Gasteiger partial charge on any atom is 0.326 e. The Morgan fingerprint density at radius 2 is 2.00 bits per heavy atom. The zero-order valence-corrected chi connectivity index (χ0v) is 11.1. The van der Waals surface area contributed by atoms with Crippen molar-refractivity contribution in [2.75, 3.05) is 13.1 Å². The number of likely N-dealkylation sites (tertiary alicyclic amines) is 1. The fraction of sp³-hybridized carbons (Fsp3) is 0.833. The number of β-amino-alcohol motifs (C(OH)–C–C–N with tert-alkyl or cyclic N) is 1. The van der Waals surface area contributed by atoms with Gasteiger partial charge in [-0.05, 0) is 11.8 Å². The van der Waals surface area contributed by atoms with Crippen LogP contribution in [-0.2, 0) is 4.79 Å². The van der Waals surface area contributed by atoms with Crippen molar-refractivity contribution in [1.82, 2.24) is 10.2 Å². The summed E-state index contributed by atoms with van der Waals surface area (Å²) in [6.45, 7) is 6.75. The average Bonchev–Trinajstić information content (AvgIpc) is 2.67. The van der Waals surface area contributed by atoms with E-state index < -0.39 is 24.1 Å². The number of aliphatic hydroxyl groups excluding tert-OH is 1. The molecule has 1 heterocycles. The summed E-state index contributed by atoms with van der Waals surface area (Å²) in [6, 6.07) is -1.33. The second kappa shape index (κ2) is 6.04. The van der Waals surface area contributed by atoms with Crippen LogP contribution in [0.4, 0.5) is 4.79 Å². The molecule has 104 valence electrons. The third kappa shape index (κ3) is 3.60. The van der Waals surface area contributed by atoms with Gasteiger partial charge in [0.1, 0.15) is 6.04 Å². The Morgan fingerprint density at radius 3 is 2.50 bits per heavy atom. The number of carboxylic acid groups (broad SMARTS) is 1. The van der Waals surface area contributed by atoms with Crippen molar-refractivity contribution < 1.29 is 19.8 Å². The van der Waals surface area contributed by atoms with Gasteiger partial charge >= 0.3 is 12.0 Å². The number of amides is 2. The monoisotopic (exact) mass is 258 g/mol. The van der Waals surface area contributed by atoms with Gasteiger partial charge in [0.25, 0.3) is 0 Å². The van der Waals surface area contributed by atoms with Gasteiger partial charge in [0.05, 0.1) is 6.10 Å². The van der Waals surface area contributed by atoms with E-state index in [0.29, 0.717) is 18.4 Å². The van der Waals surface area contributed by atoms with Crippen molar-refractivity contribution in [3.05, 3.63) is 0 Å². The number of urea groups is 1. The first kappa shape index (κ1) is 14.8. The van der Waals surface area contributed by atoms with Gasteiger partial charge in [-0.3, -0.25) is 0 Å². The minimum absolute atomic E-state index is 0.0822. The zero-order chi connectivity index (χ0) is 13.9. The normalized spacial score (nSPS) is 25.3. The van der Waals surface area contributed by atoms with Crippen molar-refractivity contribution in [1.29, 1.82) is 0 Å². The fourth-order valence-corrected chi connectivity index (χ4v) is 1.86. The Morgan fingerprint density at radius 1 is 1.39 bits per heavy atom. The third-order valence-electron chi connectivity index (χ3n) is 3.54. The van der Waals surface area contributed by atoms with Crippen LogP contribution in [-0.4, -0.2) is 52.3 Å². The maximum absolute atomic E-state index is 11.9. The number of hydrogen-bond donors (Lipinski definition) is 3. The van der Waals surface area contributed by atoms with Gasteiger partial charge < -0.3 is 20.4 Å². The molecule has 0 aromatic carbocycles. The quantitative estimate of drug-likeness (QED) is 0.685. The van der Waals surface area contributed by atoms with Gasteiger partial charge in [0, 0.05) is 19.5 Å². The molecular weight excluding hydrogens is 236 g/mol. The second-order valence-electron chi connectivity index (χ2n) is 5.30. The largest absolute Gasteiger partial charge is 0.480 e. The third-order valence-corrected chi connectivity index (χ3v) is 3.54. The fourth-order valence-electron chi connectivity index (χ4n) is 1.86. The Kier molecular flexibility index (Phi) is 4.95. The lowest BCUT2D eigenvalue weighted by molar-refractivity contribution is -0.141. The minimum atomic E-state index is -1.07. The van der Waals surface area contributed by atoms with Gasteiger partial charge in [0.2, 0.25) is 0 Å². The van der Waals surface area contributed by atoms with Crippen LogP contribution in [0.15, 0.2) is 0 Å². The van der Waals surface area contributed by atoms with E-state index in [1.165, 1.54) is 4.90 Å². The molecule has 1 saturated heterocycles. The number of carboxylic acids is 1. The molecule has 2 amide bonds. The second-order valence-corrected chi connectivity index (χ2v) is 5.30. The maximum atomic E-state index is 11.9. The summed E-state index contributed by atoms with van der Waals surface area (Å²) < 4.78 is 0. The highest BCUT2D eigenvalue weighted by Crippen LogP contribution is 2.18. The van der Waals surface area contributed by atoms with Gasteiger partial charge in [-0.15, -0.1) is 0 Å². The summed E-state index contributed by atoms with van der Waals surface area (Å²) in [7, 11) is 0. The van der Waals surface area contributed by atoms with Crippen LogP contribution in [0, 0.1) is 11.8 Å². The SMILES string of the molecule is CC(C)C(C)CNC(=O)N1C[C@H](O)C[C@@H]1C(=O)O. The van der Waals surface area contributed by atoms with Gasteiger partial charge in [-0.2, -0.15) is 0 Å². The predicted molar refractivity (Wildman–Crippen MR) is 66.2 cm³/mol. The molecule has 6 nitrogen and oxygen atoms in total. The van der Waals surface area contributed by atoms with Crippen molar-refractivity contribution >= 4 is 12.0 Å². The van der Waals surface area contributed by atoms with E-state index in [-0.39, 0.29) is 13.0 Å².